The van der Waals surface area contributed by atoms with Gasteiger partial charge in [-0.25, -0.2) is 4.98 Å². The minimum absolute atomic E-state index is 0.0874. The standard InChI is InChI=1S/C22H21ClF3N3O3/c1-28-14-27-10-20(28)21(31)29(11-15-4-2-3-5-19(15)23)12-17(30)13-32-18-8-6-16(7-9-18)22(24,25)26/h2-10,14,17,30H,11-13H2,1H3. The molecular formula is C22H21ClF3N3O3. The zero-order valence-electron chi connectivity index (χ0n) is 17.1. The van der Waals surface area contributed by atoms with Gasteiger partial charge >= 0.3 is 6.18 Å². The molecule has 0 fully saturated rings. The summed E-state index contributed by atoms with van der Waals surface area (Å²) in [6, 6.07) is 11.2. The van der Waals surface area contributed by atoms with E-state index in [2.05, 4.69) is 4.98 Å². The Hall–Kier alpha value is -3.04. The third-order valence-corrected chi connectivity index (χ3v) is 5.07. The molecule has 3 rings (SSSR count). The van der Waals surface area contributed by atoms with Crippen molar-refractivity contribution in [3.8, 4) is 5.75 Å². The summed E-state index contributed by atoms with van der Waals surface area (Å²) in [5.74, 6) is -0.189. The SMILES string of the molecule is Cn1cncc1C(=O)N(Cc1ccccc1Cl)CC(O)COc1ccc(C(F)(F)F)cc1. The molecular weight excluding hydrogens is 447 g/mol. The molecule has 0 saturated heterocycles. The average Bonchev–Trinajstić information content (AvgIpc) is 3.18. The summed E-state index contributed by atoms with van der Waals surface area (Å²) in [4.78, 5) is 18.4. The van der Waals surface area contributed by atoms with Crippen LogP contribution in [0.4, 0.5) is 13.2 Å². The molecule has 0 bridgehead atoms. The lowest BCUT2D eigenvalue weighted by atomic mass is 10.2. The minimum atomic E-state index is -4.44. The fourth-order valence-electron chi connectivity index (χ4n) is 3.02. The summed E-state index contributed by atoms with van der Waals surface area (Å²) in [7, 11) is 1.68. The van der Waals surface area contributed by atoms with Crippen molar-refractivity contribution in [1.82, 2.24) is 14.5 Å². The topological polar surface area (TPSA) is 67.6 Å². The fourth-order valence-corrected chi connectivity index (χ4v) is 3.21. The Bertz CT molecular complexity index is 1050. The summed E-state index contributed by atoms with van der Waals surface area (Å²) in [5.41, 5.74) is 0.228. The Labute approximate surface area is 187 Å². The van der Waals surface area contributed by atoms with Gasteiger partial charge in [0.15, 0.2) is 0 Å². The Morgan fingerprint density at radius 1 is 1.22 bits per heavy atom. The average molecular weight is 468 g/mol. The summed E-state index contributed by atoms with van der Waals surface area (Å²) in [6.45, 7) is -0.167. The number of benzene rings is 2. The molecule has 3 aromatic rings. The molecule has 6 nitrogen and oxygen atoms in total. The van der Waals surface area contributed by atoms with Gasteiger partial charge in [-0.1, -0.05) is 29.8 Å². The van der Waals surface area contributed by atoms with Gasteiger partial charge in [-0.15, -0.1) is 0 Å². The summed E-state index contributed by atoms with van der Waals surface area (Å²) < 4.78 is 45.0. The maximum atomic E-state index is 13.0. The van der Waals surface area contributed by atoms with Crippen LogP contribution in [0.15, 0.2) is 61.1 Å². The number of rotatable bonds is 8. The largest absolute Gasteiger partial charge is 0.491 e. The van der Waals surface area contributed by atoms with E-state index in [9.17, 15) is 23.1 Å². The number of halogens is 4. The van der Waals surface area contributed by atoms with Crippen LogP contribution in [-0.4, -0.2) is 44.7 Å². The zero-order valence-corrected chi connectivity index (χ0v) is 17.8. The van der Waals surface area contributed by atoms with E-state index in [1.54, 1.807) is 35.9 Å². The molecule has 1 amide bonds. The Kier molecular flexibility index (Phi) is 7.42. The van der Waals surface area contributed by atoms with Crippen LogP contribution in [0.1, 0.15) is 21.6 Å². The van der Waals surface area contributed by atoms with Crippen LogP contribution in [0.5, 0.6) is 5.75 Å². The number of carbonyl (C=O) groups is 1. The number of alkyl halides is 3. The second kappa shape index (κ2) is 10.1. The molecule has 32 heavy (non-hydrogen) atoms. The molecule has 10 heteroatoms. The molecule has 0 aliphatic rings. The van der Waals surface area contributed by atoms with Crippen LogP contribution in [0.2, 0.25) is 5.02 Å². The first-order valence-corrected chi connectivity index (χ1v) is 10.00. The number of aliphatic hydroxyl groups is 1. The smallest absolute Gasteiger partial charge is 0.416 e. The zero-order chi connectivity index (χ0) is 23.3. The molecule has 1 unspecified atom stereocenters. The van der Waals surface area contributed by atoms with Crippen molar-refractivity contribution in [3.63, 3.8) is 0 Å². The third kappa shape index (κ3) is 6.02. The highest BCUT2D eigenvalue weighted by atomic mass is 35.5. The van der Waals surface area contributed by atoms with Crippen LogP contribution in [-0.2, 0) is 19.8 Å². The lowest BCUT2D eigenvalue weighted by Gasteiger charge is -2.26. The second-order valence-corrected chi connectivity index (χ2v) is 7.56. The number of hydrogen-bond acceptors (Lipinski definition) is 4. The van der Waals surface area contributed by atoms with Crippen LogP contribution in [0, 0.1) is 0 Å². The molecule has 0 radical (unpaired) electrons. The third-order valence-electron chi connectivity index (χ3n) is 4.70. The highest BCUT2D eigenvalue weighted by Crippen LogP contribution is 2.30. The molecule has 1 N–H and O–H groups in total. The molecule has 1 heterocycles. The summed E-state index contributed by atoms with van der Waals surface area (Å²) >= 11 is 6.23. The van der Waals surface area contributed by atoms with Gasteiger partial charge in [0.2, 0.25) is 0 Å². The quantitative estimate of drug-likeness (QED) is 0.540. The van der Waals surface area contributed by atoms with Crippen LogP contribution < -0.4 is 4.74 Å². The number of carbonyl (C=O) groups excluding carboxylic acids is 1. The van der Waals surface area contributed by atoms with E-state index in [1.165, 1.54) is 29.6 Å². The van der Waals surface area contributed by atoms with Gasteiger partial charge in [0.05, 0.1) is 24.6 Å². The van der Waals surface area contributed by atoms with E-state index in [-0.39, 0.29) is 31.4 Å². The molecule has 2 aromatic carbocycles. The molecule has 0 aliphatic carbocycles. The number of aliphatic hydroxyl groups excluding tert-OH is 1. The highest BCUT2D eigenvalue weighted by Gasteiger charge is 2.30. The van der Waals surface area contributed by atoms with Crippen molar-refractivity contribution in [3.05, 3.63) is 82.9 Å². The normalized spacial score (nSPS) is 12.4. The van der Waals surface area contributed by atoms with Crippen LogP contribution >= 0.6 is 11.6 Å². The van der Waals surface area contributed by atoms with Crippen molar-refractivity contribution in [2.75, 3.05) is 13.2 Å². The van der Waals surface area contributed by atoms with Crippen molar-refractivity contribution >= 4 is 17.5 Å². The first-order valence-electron chi connectivity index (χ1n) is 9.62. The van der Waals surface area contributed by atoms with E-state index >= 15 is 0 Å². The predicted molar refractivity (Wildman–Crippen MR) is 112 cm³/mol. The van der Waals surface area contributed by atoms with Crippen molar-refractivity contribution in [1.29, 1.82) is 0 Å². The number of aryl methyl sites for hydroxylation is 1. The maximum Gasteiger partial charge on any atom is 0.416 e. The Morgan fingerprint density at radius 3 is 2.50 bits per heavy atom. The van der Waals surface area contributed by atoms with Crippen molar-refractivity contribution < 1.29 is 27.8 Å². The molecule has 0 saturated carbocycles. The van der Waals surface area contributed by atoms with Crippen molar-refractivity contribution in [2.45, 2.75) is 18.8 Å². The second-order valence-electron chi connectivity index (χ2n) is 7.15. The molecule has 170 valence electrons. The molecule has 1 aromatic heterocycles. The summed E-state index contributed by atoms with van der Waals surface area (Å²) in [6.07, 6.45) is -2.63. The van der Waals surface area contributed by atoms with Crippen LogP contribution in [0.25, 0.3) is 0 Å². The summed E-state index contributed by atoms with van der Waals surface area (Å²) in [5, 5.41) is 11.0. The molecule has 0 aliphatic heterocycles. The lowest BCUT2D eigenvalue weighted by molar-refractivity contribution is -0.137. The molecule has 0 spiro atoms. The van der Waals surface area contributed by atoms with E-state index < -0.39 is 17.8 Å². The van der Waals surface area contributed by atoms with Crippen molar-refractivity contribution in [2.24, 2.45) is 7.05 Å². The predicted octanol–water partition coefficient (Wildman–Crippen LogP) is 4.17. The van der Waals surface area contributed by atoms with Gasteiger partial charge in [-0.05, 0) is 35.9 Å². The van der Waals surface area contributed by atoms with Gasteiger partial charge in [0.25, 0.3) is 5.91 Å². The number of nitrogens with zero attached hydrogens (tertiary/aromatic N) is 3. The number of ether oxygens (including phenoxy) is 1. The first-order chi connectivity index (χ1) is 15.1. The minimum Gasteiger partial charge on any atom is -0.491 e. The van der Waals surface area contributed by atoms with Gasteiger partial charge < -0.3 is 19.3 Å². The van der Waals surface area contributed by atoms with E-state index in [1.807, 2.05) is 0 Å². The van der Waals surface area contributed by atoms with Gasteiger partial charge in [-0.2, -0.15) is 13.2 Å². The van der Waals surface area contributed by atoms with Gasteiger partial charge in [0, 0.05) is 18.6 Å². The number of aromatic nitrogens is 2. The Morgan fingerprint density at radius 2 is 1.91 bits per heavy atom. The van der Waals surface area contributed by atoms with Crippen LogP contribution in [0.3, 0.4) is 0 Å². The van der Waals surface area contributed by atoms with Gasteiger partial charge in [0.1, 0.15) is 24.2 Å². The molecule has 1 atom stereocenters. The fraction of sp³-hybridized carbons (Fsp3) is 0.273. The van der Waals surface area contributed by atoms with Gasteiger partial charge in [-0.3, -0.25) is 4.79 Å². The number of imidazole rings is 1. The Balaban J connectivity index is 1.69. The van der Waals surface area contributed by atoms with E-state index in [0.29, 0.717) is 16.3 Å². The van der Waals surface area contributed by atoms with E-state index in [0.717, 1.165) is 12.1 Å². The maximum absolute atomic E-state index is 13.0. The number of hydrogen-bond donors (Lipinski definition) is 1. The lowest BCUT2D eigenvalue weighted by Crippen LogP contribution is -2.40. The monoisotopic (exact) mass is 467 g/mol. The number of amides is 1. The first kappa shape index (κ1) is 23.6. The highest BCUT2D eigenvalue weighted by molar-refractivity contribution is 6.31. The van der Waals surface area contributed by atoms with E-state index in [4.69, 9.17) is 16.3 Å².